The Morgan fingerprint density at radius 1 is 1.39 bits per heavy atom. The average molecular weight is 276 g/mol. The second-order valence-corrected chi connectivity index (χ2v) is 5.84. The van der Waals surface area contributed by atoms with Crippen molar-refractivity contribution >= 4 is 10.0 Å². The van der Waals surface area contributed by atoms with E-state index < -0.39 is 10.0 Å². The molecular weight excluding hydrogens is 256 g/mol. The summed E-state index contributed by atoms with van der Waals surface area (Å²) in [5, 5.41) is 3.04. The van der Waals surface area contributed by atoms with E-state index in [1.807, 2.05) is 13.8 Å². The molecule has 1 rings (SSSR count). The molecule has 0 aliphatic rings. The molecule has 18 heavy (non-hydrogen) atoms. The summed E-state index contributed by atoms with van der Waals surface area (Å²) in [6.45, 7) is 5.72. The lowest BCUT2D eigenvalue weighted by Crippen LogP contribution is -2.20. The molecule has 0 saturated heterocycles. The standard InChI is InChI=1S/C11H20N2O4S/c1-9(2)16-7-6-13-8-10-4-5-11(17-10)18(14,15)12-3/h4-5,9,12-13H,6-8H2,1-3H3. The maximum Gasteiger partial charge on any atom is 0.273 e. The van der Waals surface area contributed by atoms with Crippen LogP contribution in [0.15, 0.2) is 21.6 Å². The fourth-order valence-electron chi connectivity index (χ4n) is 1.28. The molecule has 0 amide bonds. The van der Waals surface area contributed by atoms with Crippen LogP contribution in [0.3, 0.4) is 0 Å². The van der Waals surface area contributed by atoms with Crippen molar-refractivity contribution in [1.29, 1.82) is 0 Å². The van der Waals surface area contributed by atoms with E-state index in [4.69, 9.17) is 9.15 Å². The van der Waals surface area contributed by atoms with Gasteiger partial charge in [0.25, 0.3) is 10.0 Å². The maximum atomic E-state index is 11.4. The topological polar surface area (TPSA) is 80.6 Å². The Morgan fingerprint density at radius 3 is 2.72 bits per heavy atom. The van der Waals surface area contributed by atoms with E-state index in [1.165, 1.54) is 13.1 Å². The van der Waals surface area contributed by atoms with E-state index >= 15 is 0 Å². The predicted molar refractivity (Wildman–Crippen MR) is 67.7 cm³/mol. The minimum Gasteiger partial charge on any atom is -0.447 e. The van der Waals surface area contributed by atoms with E-state index in [-0.39, 0.29) is 11.2 Å². The second kappa shape index (κ2) is 6.89. The molecule has 0 aliphatic carbocycles. The molecule has 0 spiro atoms. The molecule has 0 fully saturated rings. The molecular formula is C11H20N2O4S. The van der Waals surface area contributed by atoms with Crippen molar-refractivity contribution in [3.05, 3.63) is 17.9 Å². The number of furan rings is 1. The van der Waals surface area contributed by atoms with Gasteiger partial charge in [-0.15, -0.1) is 0 Å². The first-order valence-electron chi connectivity index (χ1n) is 5.80. The number of hydrogen-bond acceptors (Lipinski definition) is 5. The number of hydrogen-bond donors (Lipinski definition) is 2. The van der Waals surface area contributed by atoms with Crippen LogP contribution in [0.1, 0.15) is 19.6 Å². The Kier molecular flexibility index (Phi) is 5.80. The maximum absolute atomic E-state index is 11.4. The van der Waals surface area contributed by atoms with Crippen LogP contribution in [0, 0.1) is 0 Å². The van der Waals surface area contributed by atoms with Gasteiger partial charge in [0.2, 0.25) is 5.09 Å². The van der Waals surface area contributed by atoms with Crippen LogP contribution in [-0.4, -0.2) is 34.7 Å². The monoisotopic (exact) mass is 276 g/mol. The van der Waals surface area contributed by atoms with Gasteiger partial charge in [-0.3, -0.25) is 0 Å². The van der Waals surface area contributed by atoms with E-state index in [9.17, 15) is 8.42 Å². The summed E-state index contributed by atoms with van der Waals surface area (Å²) in [4.78, 5) is 0. The first-order valence-corrected chi connectivity index (χ1v) is 7.28. The SMILES string of the molecule is CNS(=O)(=O)c1ccc(CNCCOC(C)C)o1. The third kappa shape index (κ3) is 4.77. The summed E-state index contributed by atoms with van der Waals surface area (Å²) in [5.41, 5.74) is 0. The molecule has 0 bridgehead atoms. The summed E-state index contributed by atoms with van der Waals surface area (Å²) >= 11 is 0. The van der Waals surface area contributed by atoms with E-state index in [0.717, 1.165) is 0 Å². The largest absolute Gasteiger partial charge is 0.447 e. The molecule has 0 atom stereocenters. The van der Waals surface area contributed by atoms with Crippen LogP contribution in [0.2, 0.25) is 0 Å². The lowest BCUT2D eigenvalue weighted by atomic mass is 10.4. The van der Waals surface area contributed by atoms with E-state index in [2.05, 4.69) is 10.0 Å². The second-order valence-electron chi connectivity index (χ2n) is 4.02. The van der Waals surface area contributed by atoms with Crippen LogP contribution < -0.4 is 10.0 Å². The quantitative estimate of drug-likeness (QED) is 0.683. The number of ether oxygens (including phenoxy) is 1. The zero-order chi connectivity index (χ0) is 13.6. The molecule has 104 valence electrons. The van der Waals surface area contributed by atoms with Crippen LogP contribution in [0.5, 0.6) is 0 Å². The normalized spacial score (nSPS) is 12.2. The smallest absolute Gasteiger partial charge is 0.273 e. The lowest BCUT2D eigenvalue weighted by molar-refractivity contribution is 0.0804. The van der Waals surface area contributed by atoms with Gasteiger partial charge in [0.1, 0.15) is 5.76 Å². The van der Waals surface area contributed by atoms with E-state index in [1.54, 1.807) is 6.07 Å². The first kappa shape index (κ1) is 15.2. The number of rotatable bonds is 8. The number of sulfonamides is 1. The van der Waals surface area contributed by atoms with Gasteiger partial charge in [-0.05, 0) is 33.0 Å². The summed E-state index contributed by atoms with van der Waals surface area (Å²) in [6.07, 6.45) is 0.211. The van der Waals surface area contributed by atoms with Gasteiger partial charge < -0.3 is 14.5 Å². The van der Waals surface area contributed by atoms with Crippen molar-refractivity contribution in [3.8, 4) is 0 Å². The zero-order valence-electron chi connectivity index (χ0n) is 10.9. The predicted octanol–water partition coefficient (Wildman–Crippen LogP) is 0.702. The highest BCUT2D eigenvalue weighted by Gasteiger charge is 2.15. The molecule has 6 nitrogen and oxygen atoms in total. The minimum absolute atomic E-state index is 0.0692. The van der Waals surface area contributed by atoms with Gasteiger partial charge in [-0.25, -0.2) is 13.1 Å². The minimum atomic E-state index is -3.49. The molecule has 1 aromatic heterocycles. The Labute approximate surface area is 108 Å². The van der Waals surface area contributed by atoms with Crippen molar-refractivity contribution < 1.29 is 17.6 Å². The number of nitrogens with one attached hydrogen (secondary N) is 2. The molecule has 0 saturated carbocycles. The summed E-state index contributed by atoms with van der Waals surface area (Å²) in [7, 11) is -2.15. The van der Waals surface area contributed by atoms with Crippen LogP contribution in [-0.2, 0) is 21.3 Å². The van der Waals surface area contributed by atoms with Gasteiger partial charge in [-0.1, -0.05) is 0 Å². The van der Waals surface area contributed by atoms with Crippen LogP contribution in [0.25, 0.3) is 0 Å². The summed E-state index contributed by atoms with van der Waals surface area (Å²) in [5.74, 6) is 0.577. The third-order valence-electron chi connectivity index (χ3n) is 2.20. The van der Waals surface area contributed by atoms with E-state index in [0.29, 0.717) is 25.5 Å². The molecule has 1 aromatic rings. The molecule has 2 N–H and O–H groups in total. The Morgan fingerprint density at radius 2 is 2.11 bits per heavy atom. The third-order valence-corrected chi connectivity index (χ3v) is 3.49. The fraction of sp³-hybridized carbons (Fsp3) is 0.636. The Balaban J connectivity index is 2.36. The highest BCUT2D eigenvalue weighted by molar-refractivity contribution is 7.89. The van der Waals surface area contributed by atoms with Gasteiger partial charge >= 0.3 is 0 Å². The summed E-state index contributed by atoms with van der Waals surface area (Å²) in [6, 6.07) is 3.08. The molecule has 0 aromatic carbocycles. The lowest BCUT2D eigenvalue weighted by Gasteiger charge is -2.07. The first-order chi connectivity index (χ1) is 8.45. The molecule has 0 unspecified atom stereocenters. The van der Waals surface area contributed by atoms with Gasteiger partial charge in [0.15, 0.2) is 0 Å². The highest BCUT2D eigenvalue weighted by atomic mass is 32.2. The zero-order valence-corrected chi connectivity index (χ0v) is 11.7. The van der Waals surface area contributed by atoms with Gasteiger partial charge in [-0.2, -0.15) is 0 Å². The van der Waals surface area contributed by atoms with Gasteiger partial charge in [0, 0.05) is 6.54 Å². The van der Waals surface area contributed by atoms with Crippen molar-refractivity contribution in [2.75, 3.05) is 20.2 Å². The molecule has 0 aliphatic heterocycles. The molecule has 1 heterocycles. The van der Waals surface area contributed by atoms with Crippen molar-refractivity contribution in [2.45, 2.75) is 31.6 Å². The van der Waals surface area contributed by atoms with Crippen molar-refractivity contribution in [3.63, 3.8) is 0 Å². The van der Waals surface area contributed by atoms with Crippen LogP contribution >= 0.6 is 0 Å². The van der Waals surface area contributed by atoms with Crippen LogP contribution in [0.4, 0.5) is 0 Å². The van der Waals surface area contributed by atoms with Gasteiger partial charge in [0.05, 0.1) is 19.3 Å². The van der Waals surface area contributed by atoms with Crippen molar-refractivity contribution in [2.24, 2.45) is 0 Å². The Bertz CT molecular complexity index is 453. The highest BCUT2D eigenvalue weighted by Crippen LogP contribution is 2.12. The Hall–Kier alpha value is -0.890. The average Bonchev–Trinajstić information content (AvgIpc) is 2.77. The molecule has 0 radical (unpaired) electrons. The fourth-order valence-corrected chi connectivity index (χ4v) is 1.94. The molecule has 7 heteroatoms. The van der Waals surface area contributed by atoms with Crippen molar-refractivity contribution in [1.82, 2.24) is 10.0 Å². The summed E-state index contributed by atoms with van der Waals surface area (Å²) < 4.78 is 35.6.